The van der Waals surface area contributed by atoms with Crippen LogP contribution in [0, 0.1) is 5.92 Å². The standard InChI is InChI=1S/C15H17F3N4O/c1-2-3-9-4-12(23)22(6-9)7-10-5-11(15(16,17)18)21-14-13(10)19-8-20-14/h5,8-9H,2-4,6-7H2,1H3,(H,19,20,21). The van der Waals surface area contributed by atoms with Crippen LogP contribution in [0.2, 0.25) is 0 Å². The van der Waals surface area contributed by atoms with Gasteiger partial charge >= 0.3 is 6.18 Å². The van der Waals surface area contributed by atoms with Crippen molar-refractivity contribution in [1.82, 2.24) is 19.9 Å². The van der Waals surface area contributed by atoms with Gasteiger partial charge in [-0.1, -0.05) is 13.3 Å². The Morgan fingerprint density at radius 2 is 2.22 bits per heavy atom. The van der Waals surface area contributed by atoms with E-state index in [1.54, 1.807) is 4.90 Å². The third-order valence-electron chi connectivity index (χ3n) is 4.11. The van der Waals surface area contributed by atoms with Gasteiger partial charge in [0, 0.05) is 25.1 Å². The molecule has 23 heavy (non-hydrogen) atoms. The van der Waals surface area contributed by atoms with Gasteiger partial charge in [0.1, 0.15) is 11.2 Å². The second kappa shape index (κ2) is 5.82. The smallest absolute Gasteiger partial charge is 0.338 e. The minimum absolute atomic E-state index is 0.0162. The first-order chi connectivity index (χ1) is 10.9. The van der Waals surface area contributed by atoms with E-state index in [1.165, 1.54) is 6.33 Å². The summed E-state index contributed by atoms with van der Waals surface area (Å²) in [4.78, 5) is 23.9. The number of pyridine rings is 1. The third-order valence-corrected chi connectivity index (χ3v) is 4.11. The van der Waals surface area contributed by atoms with Gasteiger partial charge in [0.15, 0.2) is 5.65 Å². The van der Waals surface area contributed by atoms with E-state index in [-0.39, 0.29) is 24.0 Å². The number of carbonyl (C=O) groups is 1. The van der Waals surface area contributed by atoms with Gasteiger partial charge in [0.05, 0.1) is 6.33 Å². The third kappa shape index (κ3) is 3.16. The minimum atomic E-state index is -4.53. The van der Waals surface area contributed by atoms with Crippen molar-refractivity contribution in [2.45, 2.75) is 38.9 Å². The lowest BCUT2D eigenvalue weighted by Gasteiger charge is -2.18. The van der Waals surface area contributed by atoms with Crippen LogP contribution in [0.1, 0.15) is 37.4 Å². The summed E-state index contributed by atoms with van der Waals surface area (Å²) in [7, 11) is 0. The first-order valence-corrected chi connectivity index (χ1v) is 7.56. The Morgan fingerprint density at radius 1 is 1.43 bits per heavy atom. The molecular formula is C15H17F3N4O. The van der Waals surface area contributed by atoms with Crippen LogP contribution in [-0.4, -0.2) is 32.3 Å². The molecule has 5 nitrogen and oxygen atoms in total. The summed E-state index contributed by atoms with van der Waals surface area (Å²) >= 11 is 0. The highest BCUT2D eigenvalue weighted by Crippen LogP contribution is 2.31. The number of hydrogen-bond donors (Lipinski definition) is 1. The van der Waals surface area contributed by atoms with Crippen molar-refractivity contribution >= 4 is 17.1 Å². The number of nitrogens with zero attached hydrogens (tertiary/aromatic N) is 3. The van der Waals surface area contributed by atoms with Crippen LogP contribution >= 0.6 is 0 Å². The molecule has 1 amide bonds. The van der Waals surface area contributed by atoms with Gasteiger partial charge < -0.3 is 9.88 Å². The summed E-state index contributed by atoms with van der Waals surface area (Å²) in [5.74, 6) is 0.267. The normalized spacial score (nSPS) is 19.0. The Labute approximate surface area is 130 Å². The van der Waals surface area contributed by atoms with Crippen molar-refractivity contribution in [3.63, 3.8) is 0 Å². The Balaban J connectivity index is 1.90. The predicted molar refractivity (Wildman–Crippen MR) is 77.3 cm³/mol. The molecule has 0 aromatic carbocycles. The summed E-state index contributed by atoms with van der Waals surface area (Å²) in [5.41, 5.74) is -0.133. The summed E-state index contributed by atoms with van der Waals surface area (Å²) in [6.07, 6.45) is -0.817. The fourth-order valence-electron chi connectivity index (χ4n) is 3.07. The summed E-state index contributed by atoms with van der Waals surface area (Å²) in [5, 5.41) is 0. The number of fused-ring (bicyclic) bond motifs is 1. The lowest BCUT2D eigenvalue weighted by atomic mass is 10.0. The maximum atomic E-state index is 13.0. The average molecular weight is 326 g/mol. The quantitative estimate of drug-likeness (QED) is 0.939. The Kier molecular flexibility index (Phi) is 3.99. The Morgan fingerprint density at radius 3 is 2.91 bits per heavy atom. The summed E-state index contributed by atoms with van der Waals surface area (Å²) in [6.45, 7) is 2.77. The maximum absolute atomic E-state index is 13.0. The molecule has 1 aliphatic rings. The molecule has 8 heteroatoms. The largest absolute Gasteiger partial charge is 0.433 e. The van der Waals surface area contributed by atoms with E-state index in [2.05, 4.69) is 21.9 Å². The topological polar surface area (TPSA) is 61.9 Å². The van der Waals surface area contributed by atoms with Gasteiger partial charge in [0.2, 0.25) is 5.91 Å². The first kappa shape index (κ1) is 15.8. The molecule has 1 saturated heterocycles. The molecule has 2 aromatic heterocycles. The first-order valence-electron chi connectivity index (χ1n) is 7.56. The van der Waals surface area contributed by atoms with Gasteiger partial charge in [-0.3, -0.25) is 4.79 Å². The molecule has 0 saturated carbocycles. The van der Waals surface area contributed by atoms with E-state index in [0.717, 1.165) is 18.9 Å². The summed E-state index contributed by atoms with van der Waals surface area (Å²) < 4.78 is 38.9. The van der Waals surface area contributed by atoms with Crippen LogP contribution in [0.25, 0.3) is 11.2 Å². The Bertz CT molecular complexity index is 725. The molecule has 0 radical (unpaired) electrons. The Hall–Kier alpha value is -2.12. The van der Waals surface area contributed by atoms with E-state index >= 15 is 0 Å². The number of nitrogens with one attached hydrogen (secondary N) is 1. The number of carbonyl (C=O) groups excluding carboxylic acids is 1. The van der Waals surface area contributed by atoms with Gasteiger partial charge in [0.25, 0.3) is 0 Å². The molecule has 0 bridgehead atoms. The van der Waals surface area contributed by atoms with Gasteiger partial charge in [-0.2, -0.15) is 13.2 Å². The van der Waals surface area contributed by atoms with Crippen LogP contribution in [0.5, 0.6) is 0 Å². The predicted octanol–water partition coefficient (Wildman–Crippen LogP) is 3.13. The molecule has 3 heterocycles. The molecule has 1 fully saturated rings. The number of alkyl halides is 3. The van der Waals surface area contributed by atoms with Crippen LogP contribution in [0.4, 0.5) is 13.2 Å². The summed E-state index contributed by atoms with van der Waals surface area (Å²) in [6, 6.07) is 0.990. The molecule has 1 N–H and O–H groups in total. The van der Waals surface area contributed by atoms with Gasteiger partial charge in [-0.25, -0.2) is 9.97 Å². The maximum Gasteiger partial charge on any atom is 0.433 e. The van der Waals surface area contributed by atoms with Crippen LogP contribution < -0.4 is 0 Å². The number of hydrogen-bond acceptors (Lipinski definition) is 3. The second-order valence-electron chi connectivity index (χ2n) is 5.90. The number of rotatable bonds is 4. The number of H-pyrrole nitrogens is 1. The van der Waals surface area contributed by atoms with E-state index in [0.29, 0.717) is 24.0 Å². The fourth-order valence-corrected chi connectivity index (χ4v) is 3.07. The number of amides is 1. The molecule has 1 aliphatic heterocycles. The highest BCUT2D eigenvalue weighted by molar-refractivity contribution is 5.80. The fraction of sp³-hybridized carbons (Fsp3) is 0.533. The lowest BCUT2D eigenvalue weighted by Crippen LogP contribution is -2.25. The molecule has 0 spiro atoms. The van der Waals surface area contributed by atoms with Crippen LogP contribution in [-0.2, 0) is 17.5 Å². The molecule has 3 rings (SSSR count). The van der Waals surface area contributed by atoms with E-state index < -0.39 is 11.9 Å². The van der Waals surface area contributed by atoms with Crippen molar-refractivity contribution in [3.05, 3.63) is 23.7 Å². The SMILES string of the molecule is CCCC1CC(=O)N(Cc2cc(C(F)(F)F)nc3[nH]cnc23)C1. The molecule has 124 valence electrons. The molecule has 0 aliphatic carbocycles. The molecule has 1 atom stereocenters. The van der Waals surface area contributed by atoms with E-state index in [1.807, 2.05) is 0 Å². The van der Waals surface area contributed by atoms with Crippen molar-refractivity contribution in [2.75, 3.05) is 6.54 Å². The van der Waals surface area contributed by atoms with Gasteiger partial charge in [-0.05, 0) is 18.4 Å². The second-order valence-corrected chi connectivity index (χ2v) is 5.90. The van der Waals surface area contributed by atoms with Crippen LogP contribution in [0.3, 0.4) is 0 Å². The highest BCUT2D eigenvalue weighted by atomic mass is 19.4. The van der Waals surface area contributed by atoms with E-state index in [4.69, 9.17) is 0 Å². The number of likely N-dealkylation sites (tertiary alicyclic amines) is 1. The average Bonchev–Trinajstić information content (AvgIpc) is 3.05. The van der Waals surface area contributed by atoms with Crippen LogP contribution in [0.15, 0.2) is 12.4 Å². The lowest BCUT2D eigenvalue weighted by molar-refractivity contribution is -0.141. The zero-order valence-electron chi connectivity index (χ0n) is 12.7. The monoisotopic (exact) mass is 326 g/mol. The van der Waals surface area contributed by atoms with Crippen molar-refractivity contribution < 1.29 is 18.0 Å². The van der Waals surface area contributed by atoms with Crippen molar-refractivity contribution in [1.29, 1.82) is 0 Å². The number of aromatic nitrogens is 3. The van der Waals surface area contributed by atoms with Crippen molar-refractivity contribution in [3.8, 4) is 0 Å². The number of halogens is 3. The number of imidazole rings is 1. The zero-order valence-corrected chi connectivity index (χ0v) is 12.7. The molecule has 1 unspecified atom stereocenters. The molecular weight excluding hydrogens is 309 g/mol. The van der Waals surface area contributed by atoms with Gasteiger partial charge in [-0.15, -0.1) is 0 Å². The van der Waals surface area contributed by atoms with Crippen molar-refractivity contribution in [2.24, 2.45) is 5.92 Å². The minimum Gasteiger partial charge on any atom is -0.338 e. The highest BCUT2D eigenvalue weighted by Gasteiger charge is 2.35. The van der Waals surface area contributed by atoms with E-state index in [9.17, 15) is 18.0 Å². The molecule has 2 aromatic rings. The number of aromatic amines is 1. The zero-order chi connectivity index (χ0) is 16.6.